The second kappa shape index (κ2) is 6.95. The van der Waals surface area contributed by atoms with Gasteiger partial charge in [-0.05, 0) is 12.1 Å². The third-order valence-corrected chi connectivity index (χ3v) is 4.45. The van der Waals surface area contributed by atoms with Gasteiger partial charge in [-0.1, -0.05) is 35.3 Å². The van der Waals surface area contributed by atoms with Crippen molar-refractivity contribution in [2.24, 2.45) is 9.98 Å². The average Bonchev–Trinajstić information content (AvgIpc) is 2.59. The molecule has 0 bridgehead atoms. The fourth-order valence-corrected chi connectivity index (χ4v) is 2.67. The lowest BCUT2D eigenvalue weighted by atomic mass is 10.3. The normalized spacial score (nSPS) is 27.5. The molecule has 0 N–H and O–H groups in total. The monoisotopic (exact) mass is 357 g/mol. The molecule has 0 amide bonds. The van der Waals surface area contributed by atoms with E-state index in [4.69, 9.17) is 37.4 Å². The first-order chi connectivity index (χ1) is 11.1. The Morgan fingerprint density at radius 2 is 1.96 bits per heavy atom. The van der Waals surface area contributed by atoms with Crippen molar-refractivity contribution in [2.75, 3.05) is 33.4 Å². The lowest BCUT2D eigenvalue weighted by Crippen LogP contribution is -2.47. The van der Waals surface area contributed by atoms with Crippen LogP contribution in [0.2, 0.25) is 0 Å². The average molecular weight is 358 g/mol. The number of halogens is 2. The Morgan fingerprint density at radius 3 is 2.61 bits per heavy atom. The van der Waals surface area contributed by atoms with Gasteiger partial charge >= 0.3 is 0 Å². The van der Waals surface area contributed by atoms with Gasteiger partial charge in [-0.15, -0.1) is 0 Å². The highest BCUT2D eigenvalue weighted by Crippen LogP contribution is 2.35. The number of methoxy groups -OCH3 is 1. The van der Waals surface area contributed by atoms with Crippen LogP contribution in [-0.4, -0.2) is 61.0 Å². The van der Waals surface area contributed by atoms with Crippen LogP contribution < -0.4 is 9.47 Å². The van der Waals surface area contributed by atoms with Crippen LogP contribution in [0.3, 0.4) is 0 Å². The molecule has 8 heteroatoms. The Morgan fingerprint density at radius 1 is 1.26 bits per heavy atom. The molecular formula is C15H17Cl2N3O3. The van der Waals surface area contributed by atoms with E-state index >= 15 is 0 Å². The van der Waals surface area contributed by atoms with Gasteiger partial charge in [0, 0.05) is 13.1 Å². The van der Waals surface area contributed by atoms with Crippen LogP contribution in [0.5, 0.6) is 11.5 Å². The molecule has 2 aliphatic rings. The summed E-state index contributed by atoms with van der Waals surface area (Å²) in [5, 5.41) is -1.37. The van der Waals surface area contributed by atoms with Crippen LogP contribution >= 0.6 is 23.2 Å². The topological polar surface area (TPSA) is 55.7 Å². The molecule has 23 heavy (non-hydrogen) atoms. The third-order valence-electron chi connectivity index (χ3n) is 3.54. The van der Waals surface area contributed by atoms with Gasteiger partial charge in [0.25, 0.3) is 5.06 Å². The summed E-state index contributed by atoms with van der Waals surface area (Å²) >= 11 is 12.8. The number of hydrogen-bond acceptors (Lipinski definition) is 6. The van der Waals surface area contributed by atoms with Gasteiger partial charge in [0.05, 0.1) is 26.5 Å². The molecule has 1 saturated heterocycles. The SMILES string of the molecule is COc1ccccc1OC1(Cl)C=NC(N2CCOCC2)=NC1Cl. The van der Waals surface area contributed by atoms with Crippen molar-refractivity contribution in [3.63, 3.8) is 0 Å². The minimum atomic E-state index is -1.37. The minimum Gasteiger partial charge on any atom is -0.493 e. The van der Waals surface area contributed by atoms with Crippen molar-refractivity contribution < 1.29 is 14.2 Å². The number of benzene rings is 1. The molecule has 0 aliphatic carbocycles. The van der Waals surface area contributed by atoms with Crippen molar-refractivity contribution in [2.45, 2.75) is 10.6 Å². The standard InChI is InChI=1S/C15H17Cl2N3O3/c1-21-11-4-2-3-5-12(11)23-15(17)10-18-14(19-13(15)16)20-6-8-22-9-7-20/h2-5,10,13H,6-9H2,1H3. The van der Waals surface area contributed by atoms with E-state index in [1.54, 1.807) is 19.2 Å². The molecule has 6 nitrogen and oxygen atoms in total. The van der Waals surface area contributed by atoms with E-state index < -0.39 is 10.6 Å². The summed E-state index contributed by atoms with van der Waals surface area (Å²) < 4.78 is 16.4. The minimum absolute atomic E-state index is 0.479. The van der Waals surface area contributed by atoms with E-state index in [9.17, 15) is 0 Å². The number of aliphatic imine (C=N–C) groups is 2. The quantitative estimate of drug-likeness (QED) is 0.615. The molecule has 2 unspecified atom stereocenters. The fraction of sp³-hybridized carbons (Fsp3) is 0.467. The number of ether oxygens (including phenoxy) is 3. The molecule has 1 fully saturated rings. The lowest BCUT2D eigenvalue weighted by molar-refractivity contribution is 0.0671. The zero-order valence-electron chi connectivity index (χ0n) is 12.6. The third kappa shape index (κ3) is 3.54. The van der Waals surface area contributed by atoms with Crippen LogP contribution in [0.15, 0.2) is 34.3 Å². The van der Waals surface area contributed by atoms with Gasteiger partial charge in [-0.25, -0.2) is 9.98 Å². The van der Waals surface area contributed by atoms with Gasteiger partial charge < -0.3 is 19.1 Å². The molecule has 3 rings (SSSR count). The highest BCUT2D eigenvalue weighted by Gasteiger charge is 2.41. The first-order valence-electron chi connectivity index (χ1n) is 7.23. The zero-order chi connectivity index (χ0) is 16.3. The van der Waals surface area contributed by atoms with E-state index in [0.717, 1.165) is 13.1 Å². The Balaban J connectivity index is 1.76. The van der Waals surface area contributed by atoms with E-state index in [2.05, 4.69) is 9.98 Å². The molecule has 1 aromatic rings. The van der Waals surface area contributed by atoms with Gasteiger partial charge in [0.1, 0.15) is 0 Å². The molecule has 124 valence electrons. The summed E-state index contributed by atoms with van der Waals surface area (Å²) in [6.07, 6.45) is 1.48. The van der Waals surface area contributed by atoms with Crippen LogP contribution in [0.25, 0.3) is 0 Å². The Kier molecular flexibility index (Phi) is 4.94. The van der Waals surface area contributed by atoms with Gasteiger partial charge in [0.2, 0.25) is 5.96 Å². The summed E-state index contributed by atoms with van der Waals surface area (Å²) in [4.78, 5) is 10.7. The van der Waals surface area contributed by atoms with Gasteiger partial charge in [0.15, 0.2) is 17.0 Å². The van der Waals surface area contributed by atoms with E-state index in [-0.39, 0.29) is 0 Å². The summed E-state index contributed by atoms with van der Waals surface area (Å²) in [5.74, 6) is 1.59. The smallest absolute Gasteiger partial charge is 0.254 e. The van der Waals surface area contributed by atoms with Crippen molar-refractivity contribution in [3.8, 4) is 11.5 Å². The van der Waals surface area contributed by atoms with Crippen LogP contribution in [0.4, 0.5) is 0 Å². The first kappa shape index (κ1) is 16.4. The number of rotatable bonds is 3. The molecule has 0 aromatic heterocycles. The predicted octanol–water partition coefficient (Wildman–Crippen LogP) is 2.35. The van der Waals surface area contributed by atoms with Crippen LogP contribution in [-0.2, 0) is 4.74 Å². The summed E-state index contributed by atoms with van der Waals surface area (Å²) in [6, 6.07) is 7.20. The Hall–Kier alpha value is -1.50. The maximum atomic E-state index is 6.48. The highest BCUT2D eigenvalue weighted by atomic mass is 35.5. The van der Waals surface area contributed by atoms with Crippen molar-refractivity contribution >= 4 is 35.4 Å². The van der Waals surface area contributed by atoms with Crippen molar-refractivity contribution in [1.29, 1.82) is 0 Å². The summed E-state index contributed by atoms with van der Waals surface area (Å²) in [7, 11) is 1.56. The number of para-hydroxylation sites is 2. The largest absolute Gasteiger partial charge is 0.493 e. The predicted molar refractivity (Wildman–Crippen MR) is 90.2 cm³/mol. The zero-order valence-corrected chi connectivity index (χ0v) is 14.1. The molecular weight excluding hydrogens is 341 g/mol. The van der Waals surface area contributed by atoms with Gasteiger partial charge in [-0.2, -0.15) is 0 Å². The molecule has 2 atom stereocenters. The highest BCUT2D eigenvalue weighted by molar-refractivity contribution is 6.39. The van der Waals surface area contributed by atoms with Crippen LogP contribution in [0, 0.1) is 0 Å². The van der Waals surface area contributed by atoms with E-state index in [1.165, 1.54) is 6.21 Å². The number of alkyl halides is 2. The fourth-order valence-electron chi connectivity index (χ4n) is 2.30. The maximum absolute atomic E-state index is 6.48. The Labute approximate surface area is 144 Å². The number of nitrogens with zero attached hydrogens (tertiary/aromatic N) is 3. The molecule has 0 spiro atoms. The number of morpholine rings is 1. The van der Waals surface area contributed by atoms with Crippen molar-refractivity contribution in [3.05, 3.63) is 24.3 Å². The number of guanidine groups is 1. The second-order valence-corrected chi connectivity index (χ2v) is 6.08. The molecule has 2 aliphatic heterocycles. The molecule has 0 saturated carbocycles. The summed E-state index contributed by atoms with van der Waals surface area (Å²) in [5.41, 5.74) is -0.815. The van der Waals surface area contributed by atoms with Gasteiger partial charge in [-0.3, -0.25) is 0 Å². The summed E-state index contributed by atoms with van der Waals surface area (Å²) in [6.45, 7) is 2.74. The van der Waals surface area contributed by atoms with E-state index in [0.29, 0.717) is 30.7 Å². The lowest BCUT2D eigenvalue weighted by Gasteiger charge is -2.33. The maximum Gasteiger partial charge on any atom is 0.254 e. The molecule has 1 aromatic carbocycles. The second-order valence-electron chi connectivity index (χ2n) is 5.07. The molecule has 0 radical (unpaired) electrons. The van der Waals surface area contributed by atoms with Crippen molar-refractivity contribution in [1.82, 2.24) is 4.90 Å². The van der Waals surface area contributed by atoms with Crippen LogP contribution in [0.1, 0.15) is 0 Å². The number of hydrogen-bond donors (Lipinski definition) is 0. The van der Waals surface area contributed by atoms with E-state index in [1.807, 2.05) is 17.0 Å². The molecule has 2 heterocycles. The Bertz CT molecular complexity index is 620. The first-order valence-corrected chi connectivity index (χ1v) is 8.04.